The van der Waals surface area contributed by atoms with Gasteiger partial charge in [0.25, 0.3) is 5.91 Å². The van der Waals surface area contributed by atoms with Crippen LogP contribution in [-0.2, 0) is 49.4 Å². The van der Waals surface area contributed by atoms with Gasteiger partial charge in [0.1, 0.15) is 41.6 Å². The van der Waals surface area contributed by atoms with Gasteiger partial charge in [-0.3, -0.25) is 24.0 Å². The lowest BCUT2D eigenvalue weighted by atomic mass is 9.95. The van der Waals surface area contributed by atoms with E-state index in [9.17, 15) is 38.7 Å². The summed E-state index contributed by atoms with van der Waals surface area (Å²) >= 11 is 0. The Morgan fingerprint density at radius 1 is 0.881 bits per heavy atom. The normalized spacial score (nSPS) is 26.5. The number of methoxy groups -OCH3 is 1. The Balaban J connectivity index is 2.77. The number of aliphatic hydroxyl groups excluding tert-OH is 1. The van der Waals surface area contributed by atoms with E-state index in [4.69, 9.17) is 18.9 Å². The Morgan fingerprint density at radius 2 is 1.47 bits per heavy atom. The van der Waals surface area contributed by atoms with Crippen LogP contribution in [0.1, 0.15) is 94.6 Å². The Kier molecular flexibility index (Phi) is 18.6. The topological polar surface area (TPSA) is 219 Å². The molecule has 1 aliphatic rings. The number of hydrogen-bond donors (Lipinski definition) is 4. The van der Waals surface area contributed by atoms with E-state index in [1.165, 1.54) is 40.0 Å². The molecule has 0 spiro atoms. The highest BCUT2D eigenvalue weighted by atomic mass is 16.6. The molecule has 0 radical (unpaired) electrons. The average molecular weight is 834 g/mol. The number of aliphatic hydroxyl groups is 1. The monoisotopic (exact) mass is 833 g/mol. The number of carbonyl (C=O) groups excluding carboxylic acids is 7. The van der Waals surface area contributed by atoms with Gasteiger partial charge in [0.05, 0.1) is 25.7 Å². The minimum absolute atomic E-state index is 0.0587. The predicted octanol–water partition coefficient (Wildman–Crippen LogP) is 2.74. The van der Waals surface area contributed by atoms with Gasteiger partial charge in [-0.15, -0.1) is 0 Å². The summed E-state index contributed by atoms with van der Waals surface area (Å²) in [6, 6.07) is 0.508. The quantitative estimate of drug-likeness (QED) is 0.220. The highest BCUT2D eigenvalue weighted by Gasteiger charge is 2.41. The minimum atomic E-state index is -1.60. The minimum Gasteiger partial charge on any atom is -0.497 e. The molecule has 1 saturated heterocycles. The lowest BCUT2D eigenvalue weighted by molar-refractivity contribution is -0.162. The van der Waals surface area contributed by atoms with Gasteiger partial charge in [0, 0.05) is 20.5 Å². The molecule has 332 valence electrons. The lowest BCUT2D eigenvalue weighted by Crippen LogP contribution is -2.59. The molecular formula is C42H67N5O12. The first-order chi connectivity index (χ1) is 27.3. The molecule has 17 nitrogen and oxygen atoms in total. The SMILES string of the molecule is COc1ccc(C[C@H]2C(=O)O[C@H](C)[C@H](NC(=O)OC(C)(C)C)C(=O)N[C@H](C(C)C)[C@@H](O)CC(=O)O[C@@H](C(C)C)C(=O)N[C@@H](CC(C)C)C(=O)N(C)[C@@H](C)C(=O)N2C)cc1. The summed E-state index contributed by atoms with van der Waals surface area (Å²) in [6.07, 6.45) is -5.80. The zero-order chi connectivity index (χ0) is 45.1. The van der Waals surface area contributed by atoms with Gasteiger partial charge in [-0.1, -0.05) is 53.7 Å². The molecule has 1 aliphatic heterocycles. The number of esters is 2. The van der Waals surface area contributed by atoms with E-state index in [0.717, 1.165) is 4.90 Å². The van der Waals surface area contributed by atoms with E-state index < -0.39 is 114 Å². The van der Waals surface area contributed by atoms with Crippen LogP contribution in [0, 0.1) is 17.8 Å². The average Bonchev–Trinajstić information content (AvgIpc) is 3.13. The number of nitrogens with one attached hydrogen (secondary N) is 3. The van der Waals surface area contributed by atoms with Crippen LogP contribution in [0.15, 0.2) is 24.3 Å². The van der Waals surface area contributed by atoms with Crippen LogP contribution >= 0.6 is 0 Å². The van der Waals surface area contributed by atoms with Gasteiger partial charge >= 0.3 is 18.0 Å². The van der Waals surface area contributed by atoms with E-state index in [2.05, 4.69) is 16.0 Å². The van der Waals surface area contributed by atoms with Crippen molar-refractivity contribution in [3.8, 4) is 5.75 Å². The van der Waals surface area contributed by atoms with Crippen molar-refractivity contribution in [3.05, 3.63) is 29.8 Å². The molecule has 0 unspecified atom stereocenters. The molecular weight excluding hydrogens is 766 g/mol. The number of cyclic esters (lactones) is 2. The van der Waals surface area contributed by atoms with E-state index in [0.29, 0.717) is 11.3 Å². The molecule has 0 aliphatic carbocycles. The van der Waals surface area contributed by atoms with Crippen LogP contribution in [0.2, 0.25) is 0 Å². The van der Waals surface area contributed by atoms with E-state index in [-0.39, 0.29) is 18.8 Å². The predicted molar refractivity (Wildman–Crippen MR) is 218 cm³/mol. The summed E-state index contributed by atoms with van der Waals surface area (Å²) in [7, 11) is 4.30. The second kappa shape index (κ2) is 21.9. The second-order valence-corrected chi connectivity index (χ2v) is 17.3. The molecule has 5 amide bonds. The first-order valence-electron chi connectivity index (χ1n) is 20.1. The Morgan fingerprint density at radius 3 is 1.98 bits per heavy atom. The number of likely N-dealkylation sites (N-methyl/N-ethyl adjacent to an activating group) is 2. The molecule has 0 aromatic heterocycles. The zero-order valence-electron chi connectivity index (χ0n) is 37.1. The maximum absolute atomic E-state index is 14.3. The molecule has 1 aromatic carbocycles. The molecule has 8 atom stereocenters. The molecule has 0 bridgehead atoms. The van der Waals surface area contributed by atoms with Gasteiger partial charge in [-0.2, -0.15) is 0 Å². The third-order valence-electron chi connectivity index (χ3n) is 9.95. The fourth-order valence-corrected chi connectivity index (χ4v) is 6.46. The van der Waals surface area contributed by atoms with Crippen LogP contribution in [0.3, 0.4) is 0 Å². The van der Waals surface area contributed by atoms with E-state index in [1.807, 2.05) is 13.8 Å². The number of nitrogens with zero attached hydrogens (tertiary/aromatic N) is 2. The lowest BCUT2D eigenvalue weighted by Gasteiger charge is -2.35. The number of rotatable bonds is 8. The third kappa shape index (κ3) is 15.0. The first kappa shape index (κ1) is 50.2. The number of ether oxygens (including phenoxy) is 4. The number of amides is 5. The zero-order valence-corrected chi connectivity index (χ0v) is 37.1. The van der Waals surface area contributed by atoms with Crippen molar-refractivity contribution < 1.29 is 57.6 Å². The van der Waals surface area contributed by atoms with E-state index >= 15 is 0 Å². The largest absolute Gasteiger partial charge is 0.497 e. The maximum atomic E-state index is 14.3. The van der Waals surface area contributed by atoms with Crippen LogP contribution in [0.5, 0.6) is 5.75 Å². The third-order valence-corrected chi connectivity index (χ3v) is 9.95. The van der Waals surface area contributed by atoms with Crippen molar-refractivity contribution in [2.75, 3.05) is 21.2 Å². The summed E-state index contributed by atoms with van der Waals surface area (Å²) in [5.74, 6) is -5.33. The standard InChI is InChI=1S/C42H67N5O12/c1-22(2)19-29-39(53)46(12)25(7)38(52)47(13)30(20-27-15-17-28(56-14)18-16-27)40(54)57-26(8)34(45-41(55)59-42(9,10)11)36(50)44-33(23(3)4)31(48)21-32(49)58-35(24(5)6)37(51)43-29/h15-18,22-26,29-31,33-35,48H,19-21H2,1-14H3,(H,43,51)(H,44,50)(H,45,55)/t25-,26+,29-,30-,31-,33+,34-,35-/m0/s1. The number of hydrogen-bond acceptors (Lipinski definition) is 12. The van der Waals surface area contributed by atoms with Crippen molar-refractivity contribution in [2.45, 2.75) is 150 Å². The second-order valence-electron chi connectivity index (χ2n) is 17.3. The Bertz CT molecular complexity index is 1630. The van der Waals surface area contributed by atoms with Gasteiger partial charge in [0.15, 0.2) is 6.10 Å². The highest BCUT2D eigenvalue weighted by Crippen LogP contribution is 2.21. The molecule has 1 aromatic rings. The summed E-state index contributed by atoms with van der Waals surface area (Å²) in [6.45, 7) is 18.1. The summed E-state index contributed by atoms with van der Waals surface area (Å²) in [5.41, 5.74) is -0.352. The van der Waals surface area contributed by atoms with Crippen molar-refractivity contribution in [2.24, 2.45) is 17.8 Å². The molecule has 1 fully saturated rings. The molecule has 59 heavy (non-hydrogen) atoms. The molecule has 0 saturated carbocycles. The molecule has 4 N–H and O–H groups in total. The van der Waals surface area contributed by atoms with E-state index in [1.54, 1.807) is 72.7 Å². The number of benzene rings is 1. The highest BCUT2D eigenvalue weighted by molar-refractivity contribution is 5.94. The van der Waals surface area contributed by atoms with Crippen LogP contribution < -0.4 is 20.7 Å². The summed E-state index contributed by atoms with van der Waals surface area (Å²) in [5, 5.41) is 19.2. The van der Waals surface area contributed by atoms with Crippen LogP contribution in [0.4, 0.5) is 4.79 Å². The van der Waals surface area contributed by atoms with Crippen molar-refractivity contribution in [1.29, 1.82) is 0 Å². The summed E-state index contributed by atoms with van der Waals surface area (Å²) < 4.78 is 22.2. The summed E-state index contributed by atoms with van der Waals surface area (Å²) in [4.78, 5) is 99.1. The maximum Gasteiger partial charge on any atom is 0.408 e. The van der Waals surface area contributed by atoms with Gasteiger partial charge in [-0.25, -0.2) is 9.59 Å². The fraction of sp³-hybridized carbons (Fsp3) is 0.690. The smallest absolute Gasteiger partial charge is 0.408 e. The van der Waals surface area contributed by atoms with Gasteiger partial charge in [0.2, 0.25) is 17.7 Å². The van der Waals surface area contributed by atoms with Crippen molar-refractivity contribution in [1.82, 2.24) is 25.8 Å². The van der Waals surface area contributed by atoms with Crippen LogP contribution in [-0.4, -0.2) is 132 Å². The van der Waals surface area contributed by atoms with Gasteiger partial charge < -0.3 is 49.8 Å². The molecule has 17 heteroatoms. The van der Waals surface area contributed by atoms with Crippen LogP contribution in [0.25, 0.3) is 0 Å². The number of carbonyl (C=O) groups is 7. The number of alkyl carbamates (subject to hydrolysis) is 1. The fourth-order valence-electron chi connectivity index (χ4n) is 6.46. The first-order valence-corrected chi connectivity index (χ1v) is 20.1. The Labute approximate surface area is 348 Å². The van der Waals surface area contributed by atoms with Gasteiger partial charge in [-0.05, 0) is 76.5 Å². The van der Waals surface area contributed by atoms with Crippen molar-refractivity contribution >= 4 is 41.7 Å². The van der Waals surface area contributed by atoms with Crippen molar-refractivity contribution in [3.63, 3.8) is 0 Å². The Hall–Kier alpha value is -4.93. The molecule has 2 rings (SSSR count). The molecule has 1 heterocycles.